The molecule has 0 atom stereocenters. The van der Waals surface area contributed by atoms with Crippen LogP contribution in [0.25, 0.3) is 0 Å². The van der Waals surface area contributed by atoms with Gasteiger partial charge in [-0.2, -0.15) is 4.31 Å². The molecule has 3 aromatic carbocycles. The van der Waals surface area contributed by atoms with Crippen molar-refractivity contribution < 1.29 is 22.7 Å². The number of anilines is 1. The lowest BCUT2D eigenvalue weighted by Gasteiger charge is -2.22. The highest BCUT2D eigenvalue weighted by Gasteiger charge is 2.28. The highest BCUT2D eigenvalue weighted by molar-refractivity contribution is 7.89. The first-order valence-electron chi connectivity index (χ1n) is 9.55. The third-order valence-corrected chi connectivity index (χ3v) is 6.36. The van der Waals surface area contributed by atoms with Crippen LogP contribution in [0.3, 0.4) is 0 Å². The van der Waals surface area contributed by atoms with Gasteiger partial charge in [0.25, 0.3) is 0 Å². The lowest BCUT2D eigenvalue weighted by molar-refractivity contribution is -0.116. The average molecular weight is 441 g/mol. The number of ether oxygens (including phenoxy) is 2. The zero-order valence-electron chi connectivity index (χ0n) is 17.3. The lowest BCUT2D eigenvalue weighted by atomic mass is 10.2. The molecule has 3 rings (SSSR count). The van der Waals surface area contributed by atoms with Crippen LogP contribution >= 0.6 is 0 Å². The molecule has 0 fully saturated rings. The Balaban J connectivity index is 1.91. The Bertz CT molecular complexity index is 1120. The van der Waals surface area contributed by atoms with Gasteiger partial charge in [0.05, 0.1) is 25.7 Å². The van der Waals surface area contributed by atoms with E-state index in [4.69, 9.17) is 9.47 Å². The summed E-state index contributed by atoms with van der Waals surface area (Å²) in [6.07, 6.45) is 0. The molecular formula is C23H24N2O5S. The van der Waals surface area contributed by atoms with Gasteiger partial charge in [0.2, 0.25) is 15.9 Å². The van der Waals surface area contributed by atoms with Crippen LogP contribution in [-0.4, -0.2) is 39.4 Å². The van der Waals surface area contributed by atoms with Crippen molar-refractivity contribution >= 4 is 21.6 Å². The topological polar surface area (TPSA) is 84.9 Å². The molecule has 1 N–H and O–H groups in total. The summed E-state index contributed by atoms with van der Waals surface area (Å²) in [6, 6.07) is 22.3. The fourth-order valence-corrected chi connectivity index (χ4v) is 4.42. The van der Waals surface area contributed by atoms with E-state index in [-0.39, 0.29) is 23.7 Å². The van der Waals surface area contributed by atoms with Gasteiger partial charge < -0.3 is 14.8 Å². The maximum absolute atomic E-state index is 13.4. The van der Waals surface area contributed by atoms with E-state index in [2.05, 4.69) is 5.32 Å². The number of methoxy groups -OCH3 is 2. The predicted molar refractivity (Wildman–Crippen MR) is 119 cm³/mol. The molecule has 0 unspecified atom stereocenters. The summed E-state index contributed by atoms with van der Waals surface area (Å²) in [6.45, 7) is -0.305. The Kier molecular flexibility index (Phi) is 7.28. The molecule has 0 aromatic heterocycles. The zero-order chi connectivity index (χ0) is 22.3. The number of nitrogens with zero attached hydrogens (tertiary/aromatic N) is 1. The molecule has 8 heteroatoms. The second kappa shape index (κ2) is 10.1. The van der Waals surface area contributed by atoms with Crippen molar-refractivity contribution in [1.82, 2.24) is 4.31 Å². The third kappa shape index (κ3) is 5.62. The van der Waals surface area contributed by atoms with E-state index < -0.39 is 15.9 Å². The van der Waals surface area contributed by atoms with Gasteiger partial charge in [-0.15, -0.1) is 0 Å². The predicted octanol–water partition coefficient (Wildman–Crippen LogP) is 3.53. The number of amides is 1. The van der Waals surface area contributed by atoms with Crippen molar-refractivity contribution in [2.75, 3.05) is 26.1 Å². The number of benzene rings is 3. The van der Waals surface area contributed by atoms with Gasteiger partial charge >= 0.3 is 0 Å². The highest BCUT2D eigenvalue weighted by Crippen LogP contribution is 2.31. The number of carbonyl (C=O) groups excluding carboxylic acids is 1. The van der Waals surface area contributed by atoms with Gasteiger partial charge in [-0.05, 0) is 29.8 Å². The molecule has 0 radical (unpaired) electrons. The molecule has 0 spiro atoms. The largest absolute Gasteiger partial charge is 0.493 e. The average Bonchev–Trinajstić information content (AvgIpc) is 2.79. The lowest BCUT2D eigenvalue weighted by Crippen LogP contribution is -2.37. The van der Waals surface area contributed by atoms with Crippen molar-refractivity contribution in [2.45, 2.75) is 11.4 Å². The Labute approximate surface area is 182 Å². The second-order valence-corrected chi connectivity index (χ2v) is 8.63. The van der Waals surface area contributed by atoms with Gasteiger partial charge in [0.15, 0.2) is 11.5 Å². The van der Waals surface area contributed by atoms with Crippen LogP contribution in [0, 0.1) is 0 Å². The van der Waals surface area contributed by atoms with Crippen LogP contribution in [0.5, 0.6) is 11.5 Å². The van der Waals surface area contributed by atoms with E-state index >= 15 is 0 Å². The first-order valence-corrected chi connectivity index (χ1v) is 11.0. The molecule has 0 heterocycles. The Morgan fingerprint density at radius 1 is 0.871 bits per heavy atom. The standard InChI is InChI=1S/C23H24N2O5S/c1-29-21-14-13-20(15-22(21)30-2)31(27,28)25(16-18-9-5-3-6-10-18)17-23(26)24-19-11-7-4-8-12-19/h3-15H,16-17H2,1-2H3,(H,24,26). The Morgan fingerprint density at radius 2 is 1.48 bits per heavy atom. The van der Waals surface area contributed by atoms with Gasteiger partial charge in [-0.1, -0.05) is 48.5 Å². The van der Waals surface area contributed by atoms with Crippen LogP contribution in [0.2, 0.25) is 0 Å². The molecule has 7 nitrogen and oxygen atoms in total. The summed E-state index contributed by atoms with van der Waals surface area (Å²) >= 11 is 0. The maximum Gasteiger partial charge on any atom is 0.243 e. The van der Waals surface area contributed by atoms with E-state index in [1.165, 1.54) is 32.4 Å². The van der Waals surface area contributed by atoms with Crippen LogP contribution in [0.4, 0.5) is 5.69 Å². The van der Waals surface area contributed by atoms with Gasteiger partial charge in [0.1, 0.15) is 0 Å². The van der Waals surface area contributed by atoms with Crippen molar-refractivity contribution in [3.05, 3.63) is 84.4 Å². The quantitative estimate of drug-likeness (QED) is 0.550. The van der Waals surface area contributed by atoms with E-state index in [1.807, 2.05) is 36.4 Å². The minimum atomic E-state index is -4.01. The first-order chi connectivity index (χ1) is 14.9. The number of para-hydroxylation sites is 1. The van der Waals surface area contributed by atoms with Crippen LogP contribution in [-0.2, 0) is 21.4 Å². The number of rotatable bonds is 9. The molecule has 31 heavy (non-hydrogen) atoms. The molecule has 0 aliphatic rings. The van der Waals surface area contributed by atoms with Crippen LogP contribution < -0.4 is 14.8 Å². The van der Waals surface area contributed by atoms with Crippen LogP contribution in [0.1, 0.15) is 5.56 Å². The Hall–Kier alpha value is -3.36. The number of nitrogens with one attached hydrogen (secondary N) is 1. The minimum Gasteiger partial charge on any atom is -0.493 e. The fourth-order valence-electron chi connectivity index (χ4n) is 3.02. The van der Waals surface area contributed by atoms with E-state index in [9.17, 15) is 13.2 Å². The summed E-state index contributed by atoms with van der Waals surface area (Å²) in [5.74, 6) is 0.265. The van der Waals surface area contributed by atoms with Crippen molar-refractivity contribution in [1.29, 1.82) is 0 Å². The summed E-state index contributed by atoms with van der Waals surface area (Å²) in [5, 5.41) is 2.73. The molecule has 3 aromatic rings. The van der Waals surface area contributed by atoms with Gasteiger partial charge in [-0.25, -0.2) is 8.42 Å². The fraction of sp³-hybridized carbons (Fsp3) is 0.174. The number of hydrogen-bond acceptors (Lipinski definition) is 5. The normalized spacial score (nSPS) is 11.2. The van der Waals surface area contributed by atoms with Crippen LogP contribution in [0.15, 0.2) is 83.8 Å². The zero-order valence-corrected chi connectivity index (χ0v) is 18.1. The smallest absolute Gasteiger partial charge is 0.243 e. The minimum absolute atomic E-state index is 0.00796. The number of hydrogen-bond donors (Lipinski definition) is 1. The molecule has 0 aliphatic carbocycles. The van der Waals surface area contributed by atoms with E-state index in [0.29, 0.717) is 11.4 Å². The number of sulfonamides is 1. The molecular weight excluding hydrogens is 416 g/mol. The van der Waals surface area contributed by atoms with E-state index in [1.54, 1.807) is 24.3 Å². The summed E-state index contributed by atoms with van der Waals surface area (Å²) in [7, 11) is -1.10. The van der Waals surface area contributed by atoms with Crippen molar-refractivity contribution in [2.24, 2.45) is 0 Å². The summed E-state index contributed by atoms with van der Waals surface area (Å²) in [5.41, 5.74) is 1.36. The highest BCUT2D eigenvalue weighted by atomic mass is 32.2. The molecule has 0 bridgehead atoms. The number of carbonyl (C=O) groups is 1. The molecule has 1 amide bonds. The molecule has 0 aliphatic heterocycles. The SMILES string of the molecule is COc1ccc(S(=O)(=O)N(CC(=O)Nc2ccccc2)Cc2ccccc2)cc1OC. The van der Waals surface area contributed by atoms with E-state index in [0.717, 1.165) is 9.87 Å². The third-order valence-electron chi connectivity index (χ3n) is 4.57. The molecule has 0 saturated heterocycles. The first kappa shape index (κ1) is 22.3. The monoisotopic (exact) mass is 440 g/mol. The van der Waals surface area contributed by atoms with Crippen molar-refractivity contribution in [3.63, 3.8) is 0 Å². The summed E-state index contributed by atoms with van der Waals surface area (Å²) in [4.78, 5) is 12.7. The van der Waals surface area contributed by atoms with Gasteiger partial charge in [-0.3, -0.25) is 4.79 Å². The summed E-state index contributed by atoms with van der Waals surface area (Å²) < 4.78 is 38.5. The molecule has 0 saturated carbocycles. The Morgan fingerprint density at radius 3 is 2.10 bits per heavy atom. The maximum atomic E-state index is 13.4. The molecule has 162 valence electrons. The second-order valence-electron chi connectivity index (χ2n) is 6.69. The van der Waals surface area contributed by atoms with Crippen molar-refractivity contribution in [3.8, 4) is 11.5 Å². The van der Waals surface area contributed by atoms with Gasteiger partial charge in [0, 0.05) is 18.3 Å².